The summed E-state index contributed by atoms with van der Waals surface area (Å²) in [7, 11) is 0. The van der Waals surface area contributed by atoms with Crippen molar-refractivity contribution in [3.8, 4) is 0 Å². The molecular weight excluding hydrogens is 274 g/mol. The third-order valence-corrected chi connectivity index (χ3v) is 2.92. The predicted molar refractivity (Wildman–Crippen MR) is 62.5 cm³/mol. The van der Waals surface area contributed by atoms with Gasteiger partial charge in [0.05, 0.1) is 19.5 Å². The lowest BCUT2D eigenvalue weighted by Crippen LogP contribution is -2.36. The second-order valence-electron chi connectivity index (χ2n) is 3.55. The number of ether oxygens (including phenoxy) is 1. The number of halogens is 1. The molecule has 1 saturated heterocycles. The van der Waals surface area contributed by atoms with Crippen LogP contribution in [0.15, 0.2) is 21.5 Å². The molecule has 0 unspecified atom stereocenters. The van der Waals surface area contributed by atoms with Gasteiger partial charge < -0.3 is 14.1 Å². The van der Waals surface area contributed by atoms with Crippen LogP contribution in [0.3, 0.4) is 0 Å². The summed E-state index contributed by atoms with van der Waals surface area (Å²) in [6.07, 6.45) is 1.63. The molecule has 0 saturated carbocycles. The lowest BCUT2D eigenvalue weighted by molar-refractivity contribution is 0.122. The molecule has 1 fully saturated rings. The maximum atomic E-state index is 5.43. The van der Waals surface area contributed by atoms with E-state index >= 15 is 0 Å². The average Bonchev–Trinajstić information content (AvgIpc) is 2.77. The van der Waals surface area contributed by atoms with Gasteiger partial charge in [-0.2, -0.15) is 0 Å². The van der Waals surface area contributed by atoms with Gasteiger partial charge in [-0.1, -0.05) is 0 Å². The van der Waals surface area contributed by atoms with Gasteiger partial charge in [0.25, 0.3) is 0 Å². The Morgan fingerprint density at radius 1 is 1.25 bits per heavy atom. The fourth-order valence-electron chi connectivity index (χ4n) is 1.81. The first-order valence-electron chi connectivity index (χ1n) is 5.08. The van der Waals surface area contributed by atoms with E-state index in [0.717, 1.165) is 43.2 Å². The third kappa shape index (κ3) is 1.68. The molecule has 2 aromatic rings. The molecule has 0 bridgehead atoms. The molecule has 0 amide bonds. The van der Waals surface area contributed by atoms with Crippen LogP contribution in [0.5, 0.6) is 0 Å². The Bertz CT molecular complexity index is 508. The monoisotopic (exact) mass is 283 g/mol. The first-order chi connectivity index (χ1) is 7.84. The van der Waals surface area contributed by atoms with Crippen LogP contribution in [0.1, 0.15) is 0 Å². The minimum atomic E-state index is 0.586. The van der Waals surface area contributed by atoms with Gasteiger partial charge in [-0.3, -0.25) is 0 Å². The number of furan rings is 1. The Morgan fingerprint density at radius 3 is 2.88 bits per heavy atom. The van der Waals surface area contributed by atoms with Crippen molar-refractivity contribution < 1.29 is 9.15 Å². The second kappa shape index (κ2) is 4.03. The quantitative estimate of drug-likeness (QED) is 0.748. The molecule has 0 aromatic carbocycles. The lowest BCUT2D eigenvalue weighted by Gasteiger charge is -2.27. The average molecular weight is 284 g/mol. The van der Waals surface area contributed by atoms with Crippen molar-refractivity contribution >= 4 is 32.8 Å². The van der Waals surface area contributed by atoms with Crippen LogP contribution in [0.2, 0.25) is 0 Å². The third-order valence-electron chi connectivity index (χ3n) is 2.57. The van der Waals surface area contributed by atoms with Gasteiger partial charge in [-0.05, 0) is 15.9 Å². The van der Waals surface area contributed by atoms with Crippen molar-refractivity contribution in [2.75, 3.05) is 31.2 Å². The van der Waals surface area contributed by atoms with Crippen LogP contribution in [-0.2, 0) is 4.74 Å². The van der Waals surface area contributed by atoms with E-state index in [0.29, 0.717) is 4.73 Å². The SMILES string of the molecule is Brc1nc(N2CCOCC2)c2occc2n1. The zero-order valence-corrected chi connectivity index (χ0v) is 10.1. The normalized spacial score (nSPS) is 16.9. The van der Waals surface area contributed by atoms with E-state index in [1.54, 1.807) is 6.26 Å². The number of morpholine rings is 1. The predicted octanol–water partition coefficient (Wildman–Crippen LogP) is 1.82. The summed E-state index contributed by atoms with van der Waals surface area (Å²) in [5.74, 6) is 0.838. The van der Waals surface area contributed by atoms with Crippen molar-refractivity contribution in [1.82, 2.24) is 9.97 Å². The molecule has 2 aromatic heterocycles. The van der Waals surface area contributed by atoms with E-state index in [1.807, 2.05) is 6.07 Å². The van der Waals surface area contributed by atoms with Crippen molar-refractivity contribution in [1.29, 1.82) is 0 Å². The van der Waals surface area contributed by atoms with E-state index in [-0.39, 0.29) is 0 Å². The zero-order valence-electron chi connectivity index (χ0n) is 8.52. The fourth-order valence-corrected chi connectivity index (χ4v) is 2.17. The molecular formula is C10H10BrN3O2. The maximum Gasteiger partial charge on any atom is 0.199 e. The van der Waals surface area contributed by atoms with Crippen molar-refractivity contribution in [3.63, 3.8) is 0 Å². The van der Waals surface area contributed by atoms with Gasteiger partial charge >= 0.3 is 0 Å². The van der Waals surface area contributed by atoms with Gasteiger partial charge in [0.2, 0.25) is 0 Å². The molecule has 3 heterocycles. The van der Waals surface area contributed by atoms with Crippen LogP contribution in [-0.4, -0.2) is 36.3 Å². The lowest BCUT2D eigenvalue weighted by atomic mass is 10.3. The van der Waals surface area contributed by atoms with Gasteiger partial charge in [-0.15, -0.1) is 0 Å². The standard InChI is InChI=1S/C10H10BrN3O2/c11-10-12-7-1-4-16-8(7)9(13-10)14-2-5-15-6-3-14/h1,4H,2-3,5-6H2. The number of fused-ring (bicyclic) bond motifs is 1. The molecule has 0 spiro atoms. The molecule has 1 aliphatic rings. The van der Waals surface area contributed by atoms with Crippen molar-refractivity contribution in [2.24, 2.45) is 0 Å². The Labute approximate surface area is 101 Å². The summed E-state index contributed by atoms with van der Waals surface area (Å²) in [4.78, 5) is 10.8. The molecule has 0 atom stereocenters. The minimum absolute atomic E-state index is 0.586. The first kappa shape index (κ1) is 10.0. The topological polar surface area (TPSA) is 51.4 Å². The van der Waals surface area contributed by atoms with Crippen molar-refractivity contribution in [3.05, 3.63) is 17.1 Å². The van der Waals surface area contributed by atoms with Gasteiger partial charge in [0.1, 0.15) is 5.52 Å². The fraction of sp³-hybridized carbons (Fsp3) is 0.400. The smallest absolute Gasteiger partial charge is 0.199 e. The Morgan fingerprint density at radius 2 is 2.06 bits per heavy atom. The summed E-state index contributed by atoms with van der Waals surface area (Å²) in [5, 5.41) is 0. The summed E-state index contributed by atoms with van der Waals surface area (Å²) in [6, 6.07) is 1.84. The zero-order chi connectivity index (χ0) is 11.0. The second-order valence-corrected chi connectivity index (χ2v) is 4.26. The van der Waals surface area contributed by atoms with Crippen molar-refractivity contribution in [2.45, 2.75) is 0 Å². The number of aromatic nitrogens is 2. The number of rotatable bonds is 1. The largest absolute Gasteiger partial charge is 0.459 e. The van der Waals surface area contributed by atoms with E-state index in [4.69, 9.17) is 9.15 Å². The maximum absolute atomic E-state index is 5.43. The highest BCUT2D eigenvalue weighted by Crippen LogP contribution is 2.26. The van der Waals surface area contributed by atoms with Crippen LogP contribution in [0.25, 0.3) is 11.1 Å². The Balaban J connectivity index is 2.09. The Kier molecular flexibility index (Phi) is 2.53. The summed E-state index contributed by atoms with van der Waals surface area (Å²) in [6.45, 7) is 3.12. The highest BCUT2D eigenvalue weighted by molar-refractivity contribution is 9.10. The van der Waals surface area contributed by atoms with E-state index in [2.05, 4.69) is 30.8 Å². The minimum Gasteiger partial charge on any atom is -0.459 e. The molecule has 0 radical (unpaired) electrons. The first-order valence-corrected chi connectivity index (χ1v) is 5.87. The highest BCUT2D eigenvalue weighted by atomic mass is 79.9. The van der Waals surface area contributed by atoms with Gasteiger partial charge in [0.15, 0.2) is 16.1 Å². The summed E-state index contributed by atoms with van der Waals surface area (Å²) >= 11 is 3.31. The molecule has 1 aliphatic heterocycles. The molecule has 3 rings (SSSR count). The van der Waals surface area contributed by atoms with E-state index in [1.165, 1.54) is 0 Å². The van der Waals surface area contributed by atoms with Crippen LogP contribution in [0, 0.1) is 0 Å². The molecule has 6 heteroatoms. The summed E-state index contributed by atoms with van der Waals surface area (Å²) < 4.78 is 11.3. The number of hydrogen-bond donors (Lipinski definition) is 0. The summed E-state index contributed by atoms with van der Waals surface area (Å²) in [5.41, 5.74) is 1.56. The molecule has 16 heavy (non-hydrogen) atoms. The number of anilines is 1. The molecule has 5 nitrogen and oxygen atoms in total. The van der Waals surface area contributed by atoms with Gasteiger partial charge in [0, 0.05) is 19.2 Å². The van der Waals surface area contributed by atoms with E-state index < -0.39 is 0 Å². The van der Waals surface area contributed by atoms with Crippen LogP contribution >= 0.6 is 15.9 Å². The highest BCUT2D eigenvalue weighted by Gasteiger charge is 2.18. The molecule has 0 N–H and O–H groups in total. The molecule has 0 aliphatic carbocycles. The van der Waals surface area contributed by atoms with E-state index in [9.17, 15) is 0 Å². The van der Waals surface area contributed by atoms with Crippen LogP contribution < -0.4 is 4.90 Å². The number of nitrogens with zero attached hydrogens (tertiary/aromatic N) is 3. The van der Waals surface area contributed by atoms with Gasteiger partial charge in [-0.25, -0.2) is 9.97 Å². The number of hydrogen-bond acceptors (Lipinski definition) is 5. The van der Waals surface area contributed by atoms with Crippen LogP contribution in [0.4, 0.5) is 5.82 Å². The Hall–Kier alpha value is -1.14. The molecule has 84 valence electrons.